The van der Waals surface area contributed by atoms with Crippen LogP contribution in [0, 0.1) is 5.92 Å². The molecule has 0 spiro atoms. The highest BCUT2D eigenvalue weighted by atomic mass is 32.1. The van der Waals surface area contributed by atoms with Crippen molar-refractivity contribution in [2.24, 2.45) is 5.92 Å². The molecule has 2 rings (SSSR count). The number of thiophene rings is 1. The van der Waals surface area contributed by atoms with Gasteiger partial charge in [-0.2, -0.15) is 4.98 Å². The van der Waals surface area contributed by atoms with E-state index in [9.17, 15) is 0 Å². The standard InChI is InChI=1S/C14H21N3OS/c1-4-15-14-16-12(18-8-5-6-10(2)3)11-7-9-19-13(11)17-14/h7,9-10H,4-6,8H2,1-3H3,(H,15,16,17). The van der Waals surface area contributed by atoms with Crippen LogP contribution in [0.1, 0.15) is 33.6 Å². The van der Waals surface area contributed by atoms with E-state index in [4.69, 9.17) is 4.74 Å². The third-order valence-corrected chi connectivity index (χ3v) is 3.60. The summed E-state index contributed by atoms with van der Waals surface area (Å²) in [5.41, 5.74) is 0. The number of nitrogens with zero attached hydrogens (tertiary/aromatic N) is 2. The largest absolute Gasteiger partial charge is 0.477 e. The van der Waals surface area contributed by atoms with Gasteiger partial charge in [-0.15, -0.1) is 11.3 Å². The number of hydrogen-bond acceptors (Lipinski definition) is 5. The molecule has 0 bridgehead atoms. The van der Waals surface area contributed by atoms with Crippen LogP contribution in [0.4, 0.5) is 5.95 Å². The van der Waals surface area contributed by atoms with Crippen LogP contribution < -0.4 is 10.1 Å². The molecule has 0 saturated heterocycles. The van der Waals surface area contributed by atoms with Gasteiger partial charge >= 0.3 is 0 Å². The molecule has 2 aromatic rings. The third-order valence-electron chi connectivity index (χ3n) is 2.79. The van der Waals surface area contributed by atoms with Crippen molar-refractivity contribution >= 4 is 27.5 Å². The Hall–Kier alpha value is -1.36. The molecule has 0 aliphatic rings. The molecule has 104 valence electrons. The fourth-order valence-corrected chi connectivity index (χ4v) is 2.59. The molecule has 4 nitrogen and oxygen atoms in total. The molecule has 0 unspecified atom stereocenters. The zero-order valence-corrected chi connectivity index (χ0v) is 12.6. The van der Waals surface area contributed by atoms with Crippen molar-refractivity contribution in [1.82, 2.24) is 9.97 Å². The smallest absolute Gasteiger partial charge is 0.227 e. The van der Waals surface area contributed by atoms with Gasteiger partial charge in [-0.1, -0.05) is 13.8 Å². The number of rotatable bonds is 7. The Bertz CT molecular complexity index is 524. The minimum Gasteiger partial charge on any atom is -0.477 e. The van der Waals surface area contributed by atoms with Gasteiger partial charge in [-0.25, -0.2) is 4.98 Å². The van der Waals surface area contributed by atoms with Gasteiger partial charge < -0.3 is 10.1 Å². The molecule has 0 aliphatic carbocycles. The van der Waals surface area contributed by atoms with Gasteiger partial charge in [0.05, 0.1) is 12.0 Å². The van der Waals surface area contributed by atoms with Crippen molar-refractivity contribution in [3.63, 3.8) is 0 Å². The first kappa shape index (κ1) is 14.1. The average Bonchev–Trinajstić information content (AvgIpc) is 2.83. The van der Waals surface area contributed by atoms with Gasteiger partial charge in [0.25, 0.3) is 0 Å². The van der Waals surface area contributed by atoms with Gasteiger partial charge in [0.2, 0.25) is 11.8 Å². The molecule has 2 aromatic heterocycles. The van der Waals surface area contributed by atoms with E-state index in [0.717, 1.165) is 23.2 Å². The minimum absolute atomic E-state index is 0.649. The maximum atomic E-state index is 5.83. The van der Waals surface area contributed by atoms with E-state index in [0.29, 0.717) is 24.4 Å². The van der Waals surface area contributed by atoms with Crippen molar-refractivity contribution in [3.8, 4) is 5.88 Å². The molecule has 5 heteroatoms. The van der Waals surface area contributed by atoms with Crippen LogP contribution in [0.25, 0.3) is 10.2 Å². The summed E-state index contributed by atoms with van der Waals surface area (Å²) in [6.45, 7) is 8.01. The Kier molecular flexibility index (Phi) is 4.96. The highest BCUT2D eigenvalue weighted by Crippen LogP contribution is 2.28. The Morgan fingerprint density at radius 2 is 2.21 bits per heavy atom. The van der Waals surface area contributed by atoms with Gasteiger partial charge in [0.15, 0.2) is 0 Å². The number of anilines is 1. The molecule has 0 aliphatic heterocycles. The molecular weight excluding hydrogens is 258 g/mol. The van der Waals surface area contributed by atoms with Crippen molar-refractivity contribution < 1.29 is 4.74 Å². The van der Waals surface area contributed by atoms with E-state index in [1.54, 1.807) is 11.3 Å². The Labute approximate surface area is 118 Å². The van der Waals surface area contributed by atoms with Crippen molar-refractivity contribution in [3.05, 3.63) is 11.4 Å². The summed E-state index contributed by atoms with van der Waals surface area (Å²) >= 11 is 1.61. The first-order valence-electron chi connectivity index (χ1n) is 6.82. The van der Waals surface area contributed by atoms with E-state index in [1.165, 1.54) is 6.42 Å². The topological polar surface area (TPSA) is 47.0 Å². The van der Waals surface area contributed by atoms with Crippen LogP contribution >= 0.6 is 11.3 Å². The molecule has 19 heavy (non-hydrogen) atoms. The Balaban J connectivity index is 2.09. The van der Waals surface area contributed by atoms with Crippen molar-refractivity contribution in [1.29, 1.82) is 0 Å². The molecule has 1 N–H and O–H groups in total. The van der Waals surface area contributed by atoms with Crippen LogP contribution in [-0.2, 0) is 0 Å². The zero-order chi connectivity index (χ0) is 13.7. The van der Waals surface area contributed by atoms with Crippen molar-refractivity contribution in [2.45, 2.75) is 33.6 Å². The highest BCUT2D eigenvalue weighted by molar-refractivity contribution is 7.16. The van der Waals surface area contributed by atoms with Gasteiger partial charge in [-0.3, -0.25) is 0 Å². The lowest BCUT2D eigenvalue weighted by molar-refractivity contribution is 0.291. The van der Waals surface area contributed by atoms with Crippen LogP contribution in [0.5, 0.6) is 5.88 Å². The first-order valence-corrected chi connectivity index (χ1v) is 7.70. The Morgan fingerprint density at radius 3 is 2.95 bits per heavy atom. The predicted octanol–water partition coefficient (Wildman–Crippen LogP) is 3.94. The molecule has 0 atom stereocenters. The number of hydrogen-bond donors (Lipinski definition) is 1. The van der Waals surface area contributed by atoms with Crippen LogP contribution in [0.15, 0.2) is 11.4 Å². The fourth-order valence-electron chi connectivity index (χ4n) is 1.84. The van der Waals surface area contributed by atoms with Gasteiger partial charge in [0, 0.05) is 6.54 Å². The van der Waals surface area contributed by atoms with E-state index < -0.39 is 0 Å². The second-order valence-electron chi connectivity index (χ2n) is 4.91. The summed E-state index contributed by atoms with van der Waals surface area (Å²) in [5, 5.41) is 6.18. The molecule has 0 fully saturated rings. The SMILES string of the molecule is CCNc1nc(OCCCC(C)C)c2ccsc2n1. The van der Waals surface area contributed by atoms with Crippen molar-refractivity contribution in [2.75, 3.05) is 18.5 Å². The minimum atomic E-state index is 0.649. The van der Waals surface area contributed by atoms with Gasteiger partial charge in [0.1, 0.15) is 4.83 Å². The quantitative estimate of drug-likeness (QED) is 0.780. The van der Waals surface area contributed by atoms with E-state index in [2.05, 4.69) is 29.1 Å². The molecule has 0 amide bonds. The van der Waals surface area contributed by atoms with Crippen LogP contribution in [0.3, 0.4) is 0 Å². The number of ether oxygens (including phenoxy) is 1. The van der Waals surface area contributed by atoms with Crippen LogP contribution in [-0.4, -0.2) is 23.1 Å². The second-order valence-corrected chi connectivity index (χ2v) is 5.80. The summed E-state index contributed by atoms with van der Waals surface area (Å²) in [7, 11) is 0. The summed E-state index contributed by atoms with van der Waals surface area (Å²) in [5.74, 6) is 2.06. The van der Waals surface area contributed by atoms with Crippen LogP contribution in [0.2, 0.25) is 0 Å². The second kappa shape index (κ2) is 6.70. The maximum Gasteiger partial charge on any atom is 0.227 e. The monoisotopic (exact) mass is 279 g/mol. The average molecular weight is 279 g/mol. The summed E-state index contributed by atoms with van der Waals surface area (Å²) in [4.78, 5) is 9.88. The lowest BCUT2D eigenvalue weighted by atomic mass is 10.1. The number of nitrogens with one attached hydrogen (secondary N) is 1. The molecule has 0 aromatic carbocycles. The third kappa shape index (κ3) is 3.80. The van der Waals surface area contributed by atoms with Gasteiger partial charge in [-0.05, 0) is 37.1 Å². The van der Waals surface area contributed by atoms with E-state index >= 15 is 0 Å². The number of fused-ring (bicyclic) bond motifs is 1. The number of aromatic nitrogens is 2. The normalized spacial score (nSPS) is 11.2. The lowest BCUT2D eigenvalue weighted by Gasteiger charge is -2.09. The first-order chi connectivity index (χ1) is 9.20. The predicted molar refractivity (Wildman–Crippen MR) is 81.1 cm³/mol. The zero-order valence-electron chi connectivity index (χ0n) is 11.8. The summed E-state index contributed by atoms with van der Waals surface area (Å²) in [6.07, 6.45) is 2.24. The van der Waals surface area contributed by atoms with E-state index in [-0.39, 0.29) is 0 Å². The molecular formula is C14H21N3OS. The summed E-state index contributed by atoms with van der Waals surface area (Å²) < 4.78 is 5.83. The maximum absolute atomic E-state index is 5.83. The molecule has 0 saturated carbocycles. The Morgan fingerprint density at radius 1 is 1.37 bits per heavy atom. The molecule has 2 heterocycles. The highest BCUT2D eigenvalue weighted by Gasteiger charge is 2.09. The summed E-state index contributed by atoms with van der Waals surface area (Å²) in [6, 6.07) is 2.02. The van der Waals surface area contributed by atoms with E-state index in [1.807, 2.05) is 18.4 Å². The molecule has 0 radical (unpaired) electrons. The lowest BCUT2D eigenvalue weighted by Crippen LogP contribution is -2.06. The fraction of sp³-hybridized carbons (Fsp3) is 0.571.